The number of carboxylic acid groups (broad SMARTS) is 1. The molecule has 0 aliphatic rings. The highest BCUT2D eigenvalue weighted by Crippen LogP contribution is 2.11. The van der Waals surface area contributed by atoms with Gasteiger partial charge in [0.1, 0.15) is 11.8 Å². The van der Waals surface area contributed by atoms with Crippen LogP contribution >= 0.6 is 0 Å². The van der Waals surface area contributed by atoms with Crippen molar-refractivity contribution >= 4 is 11.9 Å². The minimum atomic E-state index is -1.09. The van der Waals surface area contributed by atoms with Gasteiger partial charge in [-0.1, -0.05) is 12.1 Å². The van der Waals surface area contributed by atoms with E-state index in [-0.39, 0.29) is 30.5 Å². The highest BCUT2D eigenvalue weighted by molar-refractivity contribution is 5.83. The molecule has 1 rings (SSSR count). The molecule has 6 heteroatoms. The number of aromatic hydroxyl groups is 1. The smallest absolute Gasteiger partial charge is 0.326 e. The SMILES string of the molecule is CC(N)CCC(=O)NC(Cc1ccc(O)cc1)C(=O)O. The fourth-order valence-corrected chi connectivity index (χ4v) is 1.69. The van der Waals surface area contributed by atoms with Crippen molar-refractivity contribution in [2.75, 3.05) is 0 Å². The van der Waals surface area contributed by atoms with Crippen molar-refractivity contribution in [3.05, 3.63) is 29.8 Å². The summed E-state index contributed by atoms with van der Waals surface area (Å²) in [4.78, 5) is 22.8. The molecule has 0 saturated heterocycles. The van der Waals surface area contributed by atoms with Crippen LogP contribution in [0, 0.1) is 0 Å². The minimum Gasteiger partial charge on any atom is -0.508 e. The number of nitrogens with two attached hydrogens (primary N) is 1. The van der Waals surface area contributed by atoms with Crippen molar-refractivity contribution < 1.29 is 19.8 Å². The zero-order valence-corrected chi connectivity index (χ0v) is 11.4. The second-order valence-corrected chi connectivity index (χ2v) is 4.84. The summed E-state index contributed by atoms with van der Waals surface area (Å²) < 4.78 is 0. The van der Waals surface area contributed by atoms with Crippen LogP contribution in [0.5, 0.6) is 5.75 Å². The number of hydrogen-bond donors (Lipinski definition) is 4. The monoisotopic (exact) mass is 280 g/mol. The minimum absolute atomic E-state index is 0.0962. The van der Waals surface area contributed by atoms with Gasteiger partial charge < -0.3 is 21.3 Å². The van der Waals surface area contributed by atoms with Crippen LogP contribution in [0.2, 0.25) is 0 Å². The molecule has 20 heavy (non-hydrogen) atoms. The molecule has 0 radical (unpaired) electrons. The molecule has 2 unspecified atom stereocenters. The zero-order chi connectivity index (χ0) is 15.1. The fraction of sp³-hybridized carbons (Fsp3) is 0.429. The molecule has 5 N–H and O–H groups in total. The predicted octanol–water partition coefficient (Wildman–Crippen LogP) is 0.631. The third-order valence-corrected chi connectivity index (χ3v) is 2.84. The summed E-state index contributed by atoms with van der Waals surface area (Å²) in [6.45, 7) is 1.79. The molecular formula is C14H20N2O4. The average molecular weight is 280 g/mol. The highest BCUT2D eigenvalue weighted by Gasteiger charge is 2.20. The van der Waals surface area contributed by atoms with E-state index in [1.165, 1.54) is 12.1 Å². The Hall–Kier alpha value is -2.08. The number of rotatable bonds is 7. The summed E-state index contributed by atoms with van der Waals surface area (Å²) in [7, 11) is 0. The Balaban J connectivity index is 2.58. The first kappa shape index (κ1) is 16.0. The van der Waals surface area contributed by atoms with E-state index >= 15 is 0 Å². The van der Waals surface area contributed by atoms with Crippen LogP contribution in [0.3, 0.4) is 0 Å². The molecule has 2 atom stereocenters. The van der Waals surface area contributed by atoms with Crippen molar-refractivity contribution in [3.8, 4) is 5.75 Å². The number of carboxylic acids is 1. The van der Waals surface area contributed by atoms with E-state index in [0.717, 1.165) is 5.56 Å². The molecule has 0 bridgehead atoms. The van der Waals surface area contributed by atoms with Gasteiger partial charge in [0, 0.05) is 18.9 Å². The molecule has 0 saturated carbocycles. The zero-order valence-electron chi connectivity index (χ0n) is 11.4. The predicted molar refractivity (Wildman–Crippen MR) is 74.3 cm³/mol. The van der Waals surface area contributed by atoms with Gasteiger partial charge in [0.05, 0.1) is 0 Å². The highest BCUT2D eigenvalue weighted by atomic mass is 16.4. The topological polar surface area (TPSA) is 113 Å². The Labute approximate surface area is 117 Å². The Bertz CT molecular complexity index is 457. The molecule has 0 aliphatic carbocycles. The molecule has 6 nitrogen and oxygen atoms in total. The van der Waals surface area contributed by atoms with E-state index in [1.54, 1.807) is 19.1 Å². The molecule has 1 amide bonds. The summed E-state index contributed by atoms with van der Waals surface area (Å²) in [6.07, 6.45) is 0.883. The van der Waals surface area contributed by atoms with E-state index in [1.807, 2.05) is 0 Å². The Morgan fingerprint density at radius 1 is 1.30 bits per heavy atom. The Morgan fingerprint density at radius 2 is 1.90 bits per heavy atom. The van der Waals surface area contributed by atoms with E-state index in [0.29, 0.717) is 6.42 Å². The molecule has 0 aliphatic heterocycles. The Kier molecular flexibility index (Phi) is 5.99. The van der Waals surface area contributed by atoms with Crippen LogP contribution < -0.4 is 11.1 Å². The number of phenolic OH excluding ortho intramolecular Hbond substituents is 1. The average Bonchev–Trinajstić information content (AvgIpc) is 2.38. The quantitative estimate of drug-likeness (QED) is 0.585. The summed E-state index contributed by atoms with van der Waals surface area (Å²) in [5, 5.41) is 20.8. The van der Waals surface area contributed by atoms with Crippen LogP contribution in [-0.4, -0.2) is 34.2 Å². The molecular weight excluding hydrogens is 260 g/mol. The lowest BCUT2D eigenvalue weighted by Crippen LogP contribution is -2.42. The maximum Gasteiger partial charge on any atom is 0.326 e. The number of carbonyl (C=O) groups excluding carboxylic acids is 1. The van der Waals surface area contributed by atoms with Crippen molar-refractivity contribution in [2.24, 2.45) is 5.73 Å². The maximum atomic E-state index is 11.6. The lowest BCUT2D eigenvalue weighted by atomic mass is 10.1. The van der Waals surface area contributed by atoms with Gasteiger partial charge in [0.2, 0.25) is 5.91 Å². The van der Waals surface area contributed by atoms with Gasteiger partial charge in [-0.15, -0.1) is 0 Å². The lowest BCUT2D eigenvalue weighted by Gasteiger charge is -2.15. The first-order chi connectivity index (χ1) is 9.38. The van der Waals surface area contributed by atoms with Crippen molar-refractivity contribution in [3.63, 3.8) is 0 Å². The fourth-order valence-electron chi connectivity index (χ4n) is 1.69. The van der Waals surface area contributed by atoms with Gasteiger partial charge in [-0.3, -0.25) is 4.79 Å². The van der Waals surface area contributed by atoms with E-state index in [4.69, 9.17) is 15.9 Å². The van der Waals surface area contributed by atoms with Crippen molar-refractivity contribution in [1.29, 1.82) is 0 Å². The standard InChI is InChI=1S/C14H20N2O4/c1-9(15)2-7-13(18)16-12(14(19)20)8-10-3-5-11(17)6-4-10/h3-6,9,12,17H,2,7-8,15H2,1H3,(H,16,18)(H,19,20). The molecule has 0 fully saturated rings. The van der Waals surface area contributed by atoms with Crippen LogP contribution in [0.4, 0.5) is 0 Å². The summed E-state index contributed by atoms with van der Waals surface area (Å²) in [6, 6.07) is 5.12. The summed E-state index contributed by atoms with van der Waals surface area (Å²) in [5.41, 5.74) is 6.27. The first-order valence-corrected chi connectivity index (χ1v) is 6.44. The first-order valence-electron chi connectivity index (χ1n) is 6.44. The molecule has 110 valence electrons. The van der Waals surface area contributed by atoms with Crippen molar-refractivity contribution in [2.45, 2.75) is 38.3 Å². The number of amides is 1. The third kappa shape index (κ3) is 5.71. The summed E-state index contributed by atoms with van der Waals surface area (Å²) >= 11 is 0. The van der Waals surface area contributed by atoms with Crippen LogP contribution in [0.1, 0.15) is 25.3 Å². The summed E-state index contributed by atoms with van der Waals surface area (Å²) in [5.74, 6) is -1.30. The van der Waals surface area contributed by atoms with Gasteiger partial charge in [-0.2, -0.15) is 0 Å². The van der Waals surface area contributed by atoms with Gasteiger partial charge in [0.15, 0.2) is 0 Å². The number of nitrogens with one attached hydrogen (secondary N) is 1. The van der Waals surface area contributed by atoms with E-state index in [2.05, 4.69) is 5.32 Å². The van der Waals surface area contributed by atoms with Crippen LogP contribution in [0.25, 0.3) is 0 Å². The number of hydrogen-bond acceptors (Lipinski definition) is 4. The van der Waals surface area contributed by atoms with E-state index in [9.17, 15) is 9.59 Å². The third-order valence-electron chi connectivity index (χ3n) is 2.84. The van der Waals surface area contributed by atoms with Crippen molar-refractivity contribution in [1.82, 2.24) is 5.32 Å². The van der Waals surface area contributed by atoms with Crippen LogP contribution in [-0.2, 0) is 16.0 Å². The number of carbonyl (C=O) groups is 2. The molecule has 0 heterocycles. The second kappa shape index (κ2) is 7.49. The number of benzene rings is 1. The molecule has 1 aromatic rings. The van der Waals surface area contributed by atoms with Gasteiger partial charge >= 0.3 is 5.97 Å². The van der Waals surface area contributed by atoms with Gasteiger partial charge in [-0.25, -0.2) is 4.79 Å². The van der Waals surface area contributed by atoms with E-state index < -0.39 is 12.0 Å². The second-order valence-electron chi connectivity index (χ2n) is 4.84. The van der Waals surface area contributed by atoms with Gasteiger partial charge in [-0.05, 0) is 31.0 Å². The number of phenols is 1. The molecule has 0 aromatic heterocycles. The molecule has 1 aromatic carbocycles. The Morgan fingerprint density at radius 3 is 2.40 bits per heavy atom. The van der Waals surface area contributed by atoms with Gasteiger partial charge in [0.25, 0.3) is 0 Å². The normalized spacial score (nSPS) is 13.5. The molecule has 0 spiro atoms. The number of aliphatic carboxylic acids is 1. The largest absolute Gasteiger partial charge is 0.508 e. The lowest BCUT2D eigenvalue weighted by molar-refractivity contribution is -0.141. The van der Waals surface area contributed by atoms with Crippen LogP contribution in [0.15, 0.2) is 24.3 Å². The maximum absolute atomic E-state index is 11.6.